The van der Waals surface area contributed by atoms with Crippen LogP contribution >= 0.6 is 11.6 Å². The number of amides is 1. The van der Waals surface area contributed by atoms with Crippen molar-refractivity contribution in [1.82, 2.24) is 14.1 Å². The fourth-order valence-electron chi connectivity index (χ4n) is 4.06. The van der Waals surface area contributed by atoms with Crippen molar-refractivity contribution < 1.29 is 9.21 Å². The Hall–Kier alpha value is -3.32. The predicted molar refractivity (Wildman–Crippen MR) is 119 cm³/mol. The number of carbonyl (C=O) groups excluding carboxylic acids is 1. The third-order valence-corrected chi connectivity index (χ3v) is 5.86. The van der Waals surface area contributed by atoms with Gasteiger partial charge in [0.25, 0.3) is 0 Å². The molecule has 0 unspecified atom stereocenters. The molecule has 0 bridgehead atoms. The van der Waals surface area contributed by atoms with E-state index in [2.05, 4.69) is 14.9 Å². The van der Waals surface area contributed by atoms with Gasteiger partial charge in [-0.2, -0.15) is 0 Å². The van der Waals surface area contributed by atoms with Crippen LogP contribution in [0.25, 0.3) is 22.5 Å². The van der Waals surface area contributed by atoms with Crippen LogP contribution in [0.1, 0.15) is 25.0 Å². The summed E-state index contributed by atoms with van der Waals surface area (Å²) in [6.07, 6.45) is 5.56. The van der Waals surface area contributed by atoms with Gasteiger partial charge >= 0.3 is 5.76 Å². The van der Waals surface area contributed by atoms with Crippen molar-refractivity contribution in [2.24, 2.45) is 0 Å². The monoisotopic (exact) mass is 436 g/mol. The molecule has 1 N–H and O–H groups in total. The first-order valence-corrected chi connectivity index (χ1v) is 10.7. The number of aromatic nitrogens is 3. The molecule has 8 heteroatoms. The third kappa shape index (κ3) is 3.88. The van der Waals surface area contributed by atoms with Gasteiger partial charge in [-0.3, -0.25) is 9.36 Å². The third-order valence-electron chi connectivity index (χ3n) is 5.62. The normalized spacial score (nSPS) is 13.3. The summed E-state index contributed by atoms with van der Waals surface area (Å²) in [5.74, 6) is 0.289. The Morgan fingerprint density at radius 3 is 2.84 bits per heavy atom. The average molecular weight is 437 g/mol. The number of fused-ring (bicyclic) bond motifs is 2. The molecule has 0 aliphatic carbocycles. The van der Waals surface area contributed by atoms with Gasteiger partial charge < -0.3 is 14.3 Å². The van der Waals surface area contributed by atoms with E-state index in [1.54, 1.807) is 18.2 Å². The molecule has 0 spiro atoms. The van der Waals surface area contributed by atoms with E-state index in [4.69, 9.17) is 16.0 Å². The molecule has 4 aromatic rings. The van der Waals surface area contributed by atoms with Gasteiger partial charge in [0.2, 0.25) is 5.91 Å². The molecule has 7 nitrogen and oxygen atoms in total. The number of nitrogens with one attached hydrogen (secondary N) is 1. The minimum atomic E-state index is -0.502. The number of anilines is 1. The van der Waals surface area contributed by atoms with Crippen LogP contribution < -0.4 is 11.1 Å². The SMILES string of the molecule is O=C(CCn1c(=O)oc2cc(Cl)ccc21)Nc1ccc(-c2ncc3n2CCCC3)cc1. The van der Waals surface area contributed by atoms with Crippen molar-refractivity contribution in [3.63, 3.8) is 0 Å². The van der Waals surface area contributed by atoms with E-state index in [1.807, 2.05) is 30.5 Å². The topological polar surface area (TPSA) is 82.1 Å². The summed E-state index contributed by atoms with van der Waals surface area (Å²) in [6, 6.07) is 12.7. The zero-order chi connectivity index (χ0) is 21.4. The number of hydrogen-bond donors (Lipinski definition) is 1. The Bertz CT molecular complexity index is 1320. The number of nitrogens with zero attached hydrogens (tertiary/aromatic N) is 3. The molecule has 2 aromatic carbocycles. The van der Waals surface area contributed by atoms with Crippen molar-refractivity contribution in [3.8, 4) is 11.4 Å². The Kier molecular flexibility index (Phi) is 5.11. The first-order chi connectivity index (χ1) is 15.1. The summed E-state index contributed by atoms with van der Waals surface area (Å²) in [5.41, 5.74) is 4.05. The molecule has 0 atom stereocenters. The molecule has 0 saturated carbocycles. The van der Waals surface area contributed by atoms with Gasteiger partial charge in [-0.05, 0) is 55.7 Å². The summed E-state index contributed by atoms with van der Waals surface area (Å²) < 4.78 is 8.92. The van der Waals surface area contributed by atoms with Crippen LogP contribution in [-0.4, -0.2) is 20.0 Å². The Morgan fingerprint density at radius 1 is 1.16 bits per heavy atom. The molecule has 158 valence electrons. The fourth-order valence-corrected chi connectivity index (χ4v) is 4.22. The lowest BCUT2D eigenvalue weighted by Crippen LogP contribution is -2.19. The molecule has 0 saturated heterocycles. The second-order valence-electron chi connectivity index (χ2n) is 7.69. The van der Waals surface area contributed by atoms with Crippen LogP contribution in [0.5, 0.6) is 0 Å². The molecule has 2 aromatic heterocycles. The van der Waals surface area contributed by atoms with Gasteiger partial charge in [-0.25, -0.2) is 9.78 Å². The van der Waals surface area contributed by atoms with Crippen LogP contribution in [0, 0.1) is 0 Å². The lowest BCUT2D eigenvalue weighted by molar-refractivity contribution is -0.116. The quantitative estimate of drug-likeness (QED) is 0.500. The molecule has 0 radical (unpaired) electrons. The summed E-state index contributed by atoms with van der Waals surface area (Å²) in [5, 5.41) is 3.37. The lowest BCUT2D eigenvalue weighted by Gasteiger charge is -2.16. The number of carbonyl (C=O) groups is 1. The number of aryl methyl sites for hydroxylation is 2. The van der Waals surface area contributed by atoms with Crippen LogP contribution in [0.15, 0.2) is 57.9 Å². The zero-order valence-corrected chi connectivity index (χ0v) is 17.6. The van der Waals surface area contributed by atoms with Gasteiger partial charge in [-0.15, -0.1) is 0 Å². The number of halogens is 1. The van der Waals surface area contributed by atoms with Crippen LogP contribution in [0.4, 0.5) is 5.69 Å². The summed E-state index contributed by atoms with van der Waals surface area (Å²) in [6.45, 7) is 1.22. The Balaban J connectivity index is 1.25. The van der Waals surface area contributed by atoms with Crippen molar-refractivity contribution >= 4 is 34.3 Å². The first kappa shape index (κ1) is 19.6. The highest BCUT2D eigenvalue weighted by Gasteiger charge is 2.15. The lowest BCUT2D eigenvalue weighted by atomic mass is 10.1. The maximum atomic E-state index is 12.4. The van der Waals surface area contributed by atoms with Gasteiger partial charge in [0.1, 0.15) is 5.82 Å². The number of benzene rings is 2. The van der Waals surface area contributed by atoms with E-state index in [0.717, 1.165) is 24.4 Å². The average Bonchev–Trinajstić information content (AvgIpc) is 3.33. The van der Waals surface area contributed by atoms with Crippen molar-refractivity contribution in [2.75, 3.05) is 5.32 Å². The highest BCUT2D eigenvalue weighted by Crippen LogP contribution is 2.25. The largest absolute Gasteiger partial charge is 0.419 e. The van der Waals surface area contributed by atoms with Crippen LogP contribution in [0.2, 0.25) is 5.02 Å². The van der Waals surface area contributed by atoms with Crippen LogP contribution in [0.3, 0.4) is 0 Å². The standard InChI is InChI=1S/C23H21ClN4O3/c24-16-6-9-19-20(13-16)31-23(30)28(19)12-10-21(29)26-17-7-4-15(5-8-17)22-25-14-18-3-1-2-11-27(18)22/h4-9,13-14H,1-3,10-12H2,(H,26,29). The summed E-state index contributed by atoms with van der Waals surface area (Å²) >= 11 is 5.94. The van der Waals surface area contributed by atoms with Crippen molar-refractivity contribution in [3.05, 3.63) is 69.9 Å². The second-order valence-corrected chi connectivity index (χ2v) is 8.13. The Labute approximate surface area is 183 Å². The van der Waals surface area contributed by atoms with Gasteiger partial charge in [0.15, 0.2) is 5.58 Å². The minimum Gasteiger partial charge on any atom is -0.408 e. The van der Waals surface area contributed by atoms with Gasteiger partial charge in [0, 0.05) is 53.7 Å². The zero-order valence-electron chi connectivity index (χ0n) is 16.8. The molecule has 1 aliphatic rings. The van der Waals surface area contributed by atoms with Gasteiger partial charge in [-0.1, -0.05) is 11.6 Å². The molecule has 0 fully saturated rings. The Morgan fingerprint density at radius 2 is 2.00 bits per heavy atom. The molecule has 5 rings (SSSR count). The minimum absolute atomic E-state index is 0.146. The predicted octanol–water partition coefficient (Wildman–Crippen LogP) is 4.48. The van der Waals surface area contributed by atoms with E-state index in [9.17, 15) is 9.59 Å². The van der Waals surface area contributed by atoms with Crippen molar-refractivity contribution in [2.45, 2.75) is 38.8 Å². The van der Waals surface area contributed by atoms with E-state index in [0.29, 0.717) is 21.8 Å². The number of rotatable bonds is 5. The van der Waals surface area contributed by atoms with E-state index in [1.165, 1.54) is 23.1 Å². The molecular weight excluding hydrogens is 416 g/mol. The fraction of sp³-hybridized carbons (Fsp3) is 0.261. The van der Waals surface area contributed by atoms with Gasteiger partial charge in [0.05, 0.1) is 5.52 Å². The molecule has 1 amide bonds. The second kappa shape index (κ2) is 8.07. The maximum absolute atomic E-state index is 12.4. The molecule has 1 aliphatic heterocycles. The summed E-state index contributed by atoms with van der Waals surface area (Å²) in [4.78, 5) is 29.1. The highest BCUT2D eigenvalue weighted by atomic mass is 35.5. The maximum Gasteiger partial charge on any atom is 0.419 e. The number of oxazole rings is 1. The first-order valence-electron chi connectivity index (χ1n) is 10.3. The highest BCUT2D eigenvalue weighted by molar-refractivity contribution is 6.31. The van der Waals surface area contributed by atoms with Crippen molar-refractivity contribution in [1.29, 1.82) is 0 Å². The number of imidazole rings is 1. The molecule has 3 heterocycles. The molecular formula is C23H21ClN4O3. The summed E-state index contributed by atoms with van der Waals surface area (Å²) in [7, 11) is 0. The van der Waals surface area contributed by atoms with E-state index < -0.39 is 5.76 Å². The smallest absolute Gasteiger partial charge is 0.408 e. The van der Waals surface area contributed by atoms with Crippen LogP contribution in [-0.2, 0) is 24.3 Å². The van der Waals surface area contributed by atoms with E-state index >= 15 is 0 Å². The molecule has 31 heavy (non-hydrogen) atoms. The van der Waals surface area contributed by atoms with E-state index in [-0.39, 0.29) is 18.9 Å². The number of hydrogen-bond acceptors (Lipinski definition) is 4.